The van der Waals surface area contributed by atoms with Crippen LogP contribution in [0.5, 0.6) is 11.6 Å². The summed E-state index contributed by atoms with van der Waals surface area (Å²) in [6.07, 6.45) is 2.49. The van der Waals surface area contributed by atoms with Crippen molar-refractivity contribution >= 4 is 33.0 Å². The first-order valence-electron chi connectivity index (χ1n) is 12.6. The lowest BCUT2D eigenvalue weighted by Gasteiger charge is -2.35. The van der Waals surface area contributed by atoms with Crippen LogP contribution < -0.4 is 15.5 Å². The number of carbonyl (C=O) groups excluding carboxylic acids is 1. The number of hydrogen-bond acceptors (Lipinski definition) is 8. The molecule has 0 amide bonds. The molecule has 10 heteroatoms. The topological polar surface area (TPSA) is 114 Å². The van der Waals surface area contributed by atoms with Crippen LogP contribution in [0, 0.1) is 11.3 Å². The SMILES string of the molecule is CC1(C)OB(c2ccc(Oc3nc(NCCCC(C)(C)[Si](C)(C)O)ccc3C#N)cc2C=O)OC1(C)C. The van der Waals surface area contributed by atoms with E-state index in [1.165, 1.54) is 0 Å². The Hall–Kier alpha value is -2.71. The van der Waals surface area contributed by atoms with Crippen molar-refractivity contribution in [3.63, 3.8) is 0 Å². The van der Waals surface area contributed by atoms with Crippen molar-refractivity contribution in [2.45, 2.75) is 83.7 Å². The van der Waals surface area contributed by atoms with Crippen LogP contribution in [0.2, 0.25) is 18.1 Å². The van der Waals surface area contributed by atoms with Crippen molar-refractivity contribution in [1.29, 1.82) is 5.26 Å². The predicted octanol–water partition coefficient (Wildman–Crippen LogP) is 5.03. The van der Waals surface area contributed by atoms with Gasteiger partial charge in [0, 0.05) is 12.1 Å². The molecule has 2 heterocycles. The fraction of sp³-hybridized carbons (Fsp3) is 0.519. The van der Waals surface area contributed by atoms with Crippen molar-refractivity contribution in [3.8, 4) is 17.7 Å². The monoisotopic (exact) mass is 523 g/mol. The molecule has 0 saturated carbocycles. The molecule has 0 bridgehead atoms. The second-order valence-corrected chi connectivity index (χ2v) is 16.2. The third-order valence-electron chi connectivity index (χ3n) is 7.83. The lowest BCUT2D eigenvalue weighted by atomic mass is 9.76. The zero-order valence-corrected chi connectivity index (χ0v) is 24.1. The van der Waals surface area contributed by atoms with Gasteiger partial charge < -0.3 is 24.2 Å². The summed E-state index contributed by atoms with van der Waals surface area (Å²) in [5, 5.41) is 12.7. The van der Waals surface area contributed by atoms with E-state index in [1.807, 2.05) is 40.8 Å². The van der Waals surface area contributed by atoms with Gasteiger partial charge in [-0.25, -0.2) is 0 Å². The summed E-state index contributed by atoms with van der Waals surface area (Å²) < 4.78 is 18.1. The highest BCUT2D eigenvalue weighted by Crippen LogP contribution is 2.40. The van der Waals surface area contributed by atoms with Crippen LogP contribution in [0.1, 0.15) is 70.3 Å². The van der Waals surface area contributed by atoms with E-state index < -0.39 is 26.6 Å². The Labute approximate surface area is 221 Å². The van der Waals surface area contributed by atoms with Crippen LogP contribution in [0.4, 0.5) is 5.82 Å². The number of pyridine rings is 1. The van der Waals surface area contributed by atoms with Gasteiger partial charge in [0.15, 0.2) is 8.32 Å². The molecule has 0 atom stereocenters. The molecule has 1 saturated heterocycles. The minimum atomic E-state index is -2.25. The van der Waals surface area contributed by atoms with E-state index >= 15 is 0 Å². The van der Waals surface area contributed by atoms with Crippen molar-refractivity contribution in [2.75, 3.05) is 11.9 Å². The molecule has 37 heavy (non-hydrogen) atoms. The summed E-state index contributed by atoms with van der Waals surface area (Å²) in [4.78, 5) is 26.9. The summed E-state index contributed by atoms with van der Waals surface area (Å²) in [5.41, 5.74) is 0.210. The number of rotatable bonds is 10. The van der Waals surface area contributed by atoms with Crippen LogP contribution >= 0.6 is 0 Å². The maximum Gasteiger partial charge on any atom is 0.495 e. The Morgan fingerprint density at radius 1 is 1.19 bits per heavy atom. The van der Waals surface area contributed by atoms with Crippen LogP contribution in [0.25, 0.3) is 0 Å². The van der Waals surface area contributed by atoms with E-state index in [9.17, 15) is 14.9 Å². The van der Waals surface area contributed by atoms with E-state index in [-0.39, 0.29) is 16.5 Å². The number of nitrogens with one attached hydrogen (secondary N) is 1. The highest BCUT2D eigenvalue weighted by atomic mass is 28.4. The second kappa shape index (κ2) is 10.6. The molecule has 8 nitrogen and oxygen atoms in total. The Morgan fingerprint density at radius 2 is 1.84 bits per heavy atom. The zero-order chi connectivity index (χ0) is 27.6. The Kier molecular flexibility index (Phi) is 8.25. The molecule has 1 aromatic heterocycles. The van der Waals surface area contributed by atoms with Gasteiger partial charge >= 0.3 is 7.12 Å². The molecular weight excluding hydrogens is 485 g/mol. The maximum atomic E-state index is 11.9. The third kappa shape index (κ3) is 6.41. The van der Waals surface area contributed by atoms with E-state index in [2.05, 4.69) is 30.2 Å². The summed E-state index contributed by atoms with van der Waals surface area (Å²) in [6, 6.07) is 10.5. The van der Waals surface area contributed by atoms with Crippen molar-refractivity contribution in [2.24, 2.45) is 0 Å². The second-order valence-electron chi connectivity index (χ2n) is 11.7. The molecule has 198 valence electrons. The number of ether oxygens (including phenoxy) is 1. The Morgan fingerprint density at radius 3 is 2.41 bits per heavy atom. The van der Waals surface area contributed by atoms with Gasteiger partial charge in [-0.3, -0.25) is 4.79 Å². The summed E-state index contributed by atoms with van der Waals surface area (Å²) in [5.74, 6) is 1.11. The molecule has 1 aromatic carbocycles. The maximum absolute atomic E-state index is 11.9. The minimum Gasteiger partial charge on any atom is -0.438 e. The van der Waals surface area contributed by atoms with E-state index in [4.69, 9.17) is 14.0 Å². The fourth-order valence-electron chi connectivity index (χ4n) is 3.77. The number of nitrogens with zero attached hydrogens (tertiary/aromatic N) is 2. The van der Waals surface area contributed by atoms with Crippen molar-refractivity contribution < 1.29 is 23.6 Å². The standard InChI is InChI=1S/C27H38BN3O5Si/c1-25(2,37(7,8)33)14-9-15-30-23-13-10-19(17-29)24(31-23)34-21-11-12-22(20(16-21)18-32)28-35-26(3,4)27(5,6)36-28/h10-13,16,18,33H,9,14-15H2,1-8H3,(H,30,31). The van der Waals surface area contributed by atoms with Gasteiger partial charge in [0.1, 0.15) is 29.5 Å². The molecule has 0 unspecified atom stereocenters. The van der Waals surface area contributed by atoms with Gasteiger partial charge in [-0.05, 0) is 88.4 Å². The average Bonchev–Trinajstić information content (AvgIpc) is 3.02. The van der Waals surface area contributed by atoms with Crippen molar-refractivity contribution in [1.82, 2.24) is 4.98 Å². The number of aromatic nitrogens is 1. The molecule has 1 fully saturated rings. The average molecular weight is 524 g/mol. The highest BCUT2D eigenvalue weighted by Gasteiger charge is 2.52. The predicted molar refractivity (Wildman–Crippen MR) is 148 cm³/mol. The number of carbonyl (C=O) groups is 1. The Bertz CT molecular complexity index is 1170. The molecule has 0 spiro atoms. The molecule has 0 radical (unpaired) electrons. The van der Waals surface area contributed by atoms with Crippen molar-refractivity contribution in [3.05, 3.63) is 41.5 Å². The van der Waals surface area contributed by atoms with Gasteiger partial charge in [-0.1, -0.05) is 19.9 Å². The molecule has 1 aliphatic rings. The summed E-state index contributed by atoms with van der Waals surface area (Å²) >= 11 is 0. The number of aldehydes is 1. The molecule has 2 N–H and O–H groups in total. The Balaban J connectivity index is 1.73. The first-order valence-corrected chi connectivity index (χ1v) is 15.5. The van der Waals surface area contributed by atoms with Gasteiger partial charge in [0.25, 0.3) is 0 Å². The van der Waals surface area contributed by atoms with Crippen LogP contribution in [0.15, 0.2) is 30.3 Å². The lowest BCUT2D eigenvalue weighted by molar-refractivity contribution is 0.00578. The van der Waals surface area contributed by atoms with Gasteiger partial charge in [-0.2, -0.15) is 10.2 Å². The number of hydrogen-bond donors (Lipinski definition) is 2. The molecule has 0 aliphatic carbocycles. The molecular formula is C27H38BN3O5Si. The largest absolute Gasteiger partial charge is 0.495 e. The van der Waals surface area contributed by atoms with Gasteiger partial charge in [0.05, 0.1) is 11.2 Å². The van der Waals surface area contributed by atoms with Crippen LogP contribution in [-0.2, 0) is 9.31 Å². The molecule has 1 aliphatic heterocycles. The van der Waals surface area contributed by atoms with Crippen LogP contribution in [0.3, 0.4) is 0 Å². The first-order chi connectivity index (χ1) is 17.1. The van der Waals surface area contributed by atoms with Gasteiger partial charge in [0.2, 0.25) is 5.88 Å². The fourth-order valence-corrected chi connectivity index (χ4v) is 4.56. The normalized spacial score (nSPS) is 16.8. The third-order valence-corrected chi connectivity index (χ3v) is 11.4. The highest BCUT2D eigenvalue weighted by molar-refractivity contribution is 6.72. The number of nitriles is 1. The quantitative estimate of drug-likeness (QED) is 0.253. The lowest BCUT2D eigenvalue weighted by Crippen LogP contribution is -2.41. The summed E-state index contributed by atoms with van der Waals surface area (Å²) in [6.45, 7) is 16.6. The molecule has 3 rings (SSSR count). The van der Waals surface area contributed by atoms with E-state index in [0.29, 0.717) is 29.1 Å². The summed E-state index contributed by atoms with van der Waals surface area (Å²) in [7, 11) is -2.93. The molecule has 2 aromatic rings. The van der Waals surface area contributed by atoms with Gasteiger partial charge in [-0.15, -0.1) is 0 Å². The minimum absolute atomic E-state index is 0.0937. The van der Waals surface area contributed by atoms with E-state index in [0.717, 1.165) is 19.1 Å². The number of benzene rings is 1. The zero-order valence-electron chi connectivity index (χ0n) is 23.1. The smallest absolute Gasteiger partial charge is 0.438 e. The number of anilines is 1. The van der Waals surface area contributed by atoms with Crippen LogP contribution in [-0.4, -0.2) is 49.2 Å². The first kappa shape index (κ1) is 28.9. The van der Waals surface area contributed by atoms with E-state index in [1.54, 1.807) is 30.3 Å².